The van der Waals surface area contributed by atoms with E-state index >= 15 is 0 Å². The van der Waals surface area contributed by atoms with Gasteiger partial charge in [0.05, 0.1) is 24.0 Å². The predicted molar refractivity (Wildman–Crippen MR) is 124 cm³/mol. The Hall–Kier alpha value is -3.74. The monoisotopic (exact) mass is 447 g/mol. The average molecular weight is 447 g/mol. The Morgan fingerprint density at radius 2 is 1.36 bits per heavy atom. The molecule has 0 saturated heterocycles. The van der Waals surface area contributed by atoms with Crippen molar-refractivity contribution in [1.82, 2.24) is 9.24 Å². The van der Waals surface area contributed by atoms with Crippen LogP contribution in [0.15, 0.2) is 82.4 Å². The van der Waals surface area contributed by atoms with Gasteiger partial charge in [0, 0.05) is 12.6 Å². The van der Waals surface area contributed by atoms with Gasteiger partial charge in [-0.3, -0.25) is 14.4 Å². The third-order valence-electron chi connectivity index (χ3n) is 6.00. The van der Waals surface area contributed by atoms with Gasteiger partial charge in [-0.05, 0) is 36.0 Å². The van der Waals surface area contributed by atoms with E-state index in [0.29, 0.717) is 25.6 Å². The van der Waals surface area contributed by atoms with E-state index in [9.17, 15) is 18.4 Å². The van der Waals surface area contributed by atoms with Crippen molar-refractivity contribution < 1.29 is 8.78 Å². The van der Waals surface area contributed by atoms with Crippen molar-refractivity contribution in [2.45, 2.75) is 32.5 Å². The topological polar surface area (TPSA) is 47.2 Å². The van der Waals surface area contributed by atoms with Crippen LogP contribution in [0.25, 0.3) is 10.9 Å². The second-order valence-electron chi connectivity index (χ2n) is 8.53. The SMILES string of the molecule is O=c1c2cc(F)c(F)cc2n(CC2CC2)c(=O)n1N(Cc1ccccc1)Cc1ccccc1. The summed E-state index contributed by atoms with van der Waals surface area (Å²) < 4.78 is 30.7. The van der Waals surface area contributed by atoms with E-state index in [-0.39, 0.29) is 10.9 Å². The van der Waals surface area contributed by atoms with Crippen LogP contribution in [0.3, 0.4) is 0 Å². The standard InChI is InChI=1S/C26H23F2N3O2/c27-22-13-21-24(14-23(22)28)30(17-20-11-12-20)26(33)31(25(21)32)29(15-18-7-3-1-4-8-18)16-19-9-5-2-6-10-19/h1-10,13-14,20H,11-12,15-17H2. The molecule has 7 heteroatoms. The second kappa shape index (κ2) is 8.65. The van der Waals surface area contributed by atoms with E-state index in [4.69, 9.17) is 0 Å². The van der Waals surface area contributed by atoms with E-state index in [2.05, 4.69) is 0 Å². The minimum absolute atomic E-state index is 0.0136. The highest BCUT2D eigenvalue weighted by Crippen LogP contribution is 2.31. The molecule has 1 aliphatic carbocycles. The molecule has 0 amide bonds. The molecule has 0 spiro atoms. The van der Waals surface area contributed by atoms with Crippen LogP contribution in [0.1, 0.15) is 24.0 Å². The fraction of sp³-hybridized carbons (Fsp3) is 0.231. The zero-order valence-corrected chi connectivity index (χ0v) is 18.0. The van der Waals surface area contributed by atoms with Crippen molar-refractivity contribution in [2.24, 2.45) is 5.92 Å². The average Bonchev–Trinajstić information content (AvgIpc) is 3.64. The summed E-state index contributed by atoms with van der Waals surface area (Å²) in [6, 6.07) is 20.9. The van der Waals surface area contributed by atoms with Crippen molar-refractivity contribution in [2.75, 3.05) is 5.01 Å². The zero-order valence-electron chi connectivity index (χ0n) is 18.0. The van der Waals surface area contributed by atoms with Gasteiger partial charge in [-0.2, -0.15) is 4.68 Å². The Kier molecular flexibility index (Phi) is 5.54. The number of hydrogen-bond donors (Lipinski definition) is 0. The first kappa shape index (κ1) is 21.1. The van der Waals surface area contributed by atoms with Crippen LogP contribution < -0.4 is 16.3 Å². The molecule has 3 aromatic carbocycles. The smallest absolute Gasteiger partial charge is 0.297 e. The Morgan fingerprint density at radius 3 is 1.91 bits per heavy atom. The summed E-state index contributed by atoms with van der Waals surface area (Å²) in [6.45, 7) is 0.957. The number of aromatic nitrogens is 2. The maximum atomic E-state index is 14.1. The van der Waals surface area contributed by atoms with Crippen molar-refractivity contribution in [3.05, 3.63) is 116 Å². The Bertz CT molecular complexity index is 1370. The van der Waals surface area contributed by atoms with Crippen LogP contribution in [0, 0.1) is 17.6 Å². The van der Waals surface area contributed by atoms with Gasteiger partial charge in [0.15, 0.2) is 11.6 Å². The van der Waals surface area contributed by atoms with Crippen molar-refractivity contribution in [1.29, 1.82) is 0 Å². The van der Waals surface area contributed by atoms with Crippen LogP contribution >= 0.6 is 0 Å². The van der Waals surface area contributed by atoms with Gasteiger partial charge >= 0.3 is 5.69 Å². The van der Waals surface area contributed by atoms with Gasteiger partial charge in [-0.25, -0.2) is 13.6 Å². The van der Waals surface area contributed by atoms with Gasteiger partial charge < -0.3 is 0 Å². The fourth-order valence-corrected chi connectivity index (χ4v) is 4.12. The normalized spacial score (nSPS) is 13.4. The highest BCUT2D eigenvalue weighted by Gasteiger charge is 2.26. The maximum Gasteiger partial charge on any atom is 0.350 e. The number of benzene rings is 3. The van der Waals surface area contributed by atoms with Gasteiger partial charge in [0.2, 0.25) is 0 Å². The Balaban J connectivity index is 1.72. The molecular weight excluding hydrogens is 424 g/mol. The lowest BCUT2D eigenvalue weighted by Crippen LogP contribution is -2.52. The molecule has 0 bridgehead atoms. The molecule has 0 N–H and O–H groups in total. The molecule has 0 aliphatic heterocycles. The Morgan fingerprint density at radius 1 is 0.818 bits per heavy atom. The van der Waals surface area contributed by atoms with Crippen molar-refractivity contribution in [3.8, 4) is 0 Å². The number of rotatable bonds is 7. The molecule has 33 heavy (non-hydrogen) atoms. The molecule has 0 radical (unpaired) electrons. The first-order valence-electron chi connectivity index (χ1n) is 11.0. The van der Waals surface area contributed by atoms with E-state index in [1.807, 2.05) is 60.7 Å². The first-order valence-corrected chi connectivity index (χ1v) is 11.0. The third-order valence-corrected chi connectivity index (χ3v) is 6.00. The first-order chi connectivity index (χ1) is 16.0. The molecule has 4 aromatic rings. The summed E-state index contributed by atoms with van der Waals surface area (Å²) >= 11 is 0. The molecule has 5 nitrogen and oxygen atoms in total. The van der Waals surface area contributed by atoms with Gasteiger partial charge in [-0.15, -0.1) is 0 Å². The minimum Gasteiger partial charge on any atom is -0.297 e. The van der Waals surface area contributed by atoms with E-state index in [1.54, 1.807) is 5.01 Å². The van der Waals surface area contributed by atoms with Crippen molar-refractivity contribution in [3.63, 3.8) is 0 Å². The number of fused-ring (bicyclic) bond motifs is 1. The third kappa shape index (κ3) is 4.31. The molecule has 1 fully saturated rings. The molecule has 168 valence electrons. The number of hydrogen-bond acceptors (Lipinski definition) is 3. The fourth-order valence-electron chi connectivity index (χ4n) is 4.12. The van der Waals surface area contributed by atoms with Gasteiger partial charge in [0.25, 0.3) is 5.56 Å². The molecule has 1 aromatic heterocycles. The molecule has 5 rings (SSSR count). The molecular formula is C26H23F2N3O2. The van der Waals surface area contributed by atoms with Crippen molar-refractivity contribution >= 4 is 10.9 Å². The summed E-state index contributed by atoms with van der Waals surface area (Å²) in [6.07, 6.45) is 1.93. The van der Waals surface area contributed by atoms with E-state index < -0.39 is 22.9 Å². The highest BCUT2D eigenvalue weighted by molar-refractivity contribution is 5.78. The van der Waals surface area contributed by atoms with Crippen LogP contribution in [-0.4, -0.2) is 9.24 Å². The van der Waals surface area contributed by atoms with Gasteiger partial charge in [0.1, 0.15) is 0 Å². The zero-order chi connectivity index (χ0) is 22.9. The maximum absolute atomic E-state index is 14.1. The van der Waals surface area contributed by atoms with E-state index in [1.165, 1.54) is 4.57 Å². The molecule has 0 atom stereocenters. The minimum atomic E-state index is -1.11. The van der Waals surface area contributed by atoms with Gasteiger partial charge in [-0.1, -0.05) is 60.7 Å². The Labute approximate surface area is 189 Å². The van der Waals surface area contributed by atoms with Crippen LogP contribution in [0.4, 0.5) is 8.78 Å². The molecule has 1 heterocycles. The highest BCUT2D eigenvalue weighted by atomic mass is 19.2. The van der Waals surface area contributed by atoms with Crippen LogP contribution in [-0.2, 0) is 19.6 Å². The second-order valence-corrected chi connectivity index (χ2v) is 8.53. The lowest BCUT2D eigenvalue weighted by molar-refractivity contribution is 0.489. The van der Waals surface area contributed by atoms with Crippen LogP contribution in [0.2, 0.25) is 0 Å². The lowest BCUT2D eigenvalue weighted by atomic mass is 10.2. The largest absolute Gasteiger partial charge is 0.350 e. The quantitative estimate of drug-likeness (QED) is 0.427. The number of halogens is 2. The van der Waals surface area contributed by atoms with E-state index in [0.717, 1.165) is 40.8 Å². The summed E-state index contributed by atoms with van der Waals surface area (Å²) in [4.78, 5) is 27.2. The molecule has 0 unspecified atom stereocenters. The lowest BCUT2D eigenvalue weighted by Gasteiger charge is -2.27. The summed E-state index contributed by atoms with van der Waals surface area (Å²) in [5, 5.41) is 1.65. The predicted octanol–water partition coefficient (Wildman–Crippen LogP) is 4.19. The summed E-state index contributed by atoms with van der Waals surface area (Å²) in [5.74, 6) is -1.89. The summed E-state index contributed by atoms with van der Waals surface area (Å²) in [5.41, 5.74) is 0.759. The molecule has 1 aliphatic rings. The molecule has 1 saturated carbocycles. The number of nitrogens with zero attached hydrogens (tertiary/aromatic N) is 3. The summed E-state index contributed by atoms with van der Waals surface area (Å²) in [7, 11) is 0. The van der Waals surface area contributed by atoms with Crippen LogP contribution in [0.5, 0.6) is 0 Å².